The van der Waals surface area contributed by atoms with Gasteiger partial charge in [0.1, 0.15) is 0 Å². The van der Waals surface area contributed by atoms with E-state index < -0.39 is 0 Å². The standard InChI is InChI=1S/C12H20N2S/c1-2-3-9-4-5-10(13)8-11(9)12-6-7-15-14-12/h6-7,9-11H,2-5,8,13H2,1H3. The maximum atomic E-state index is 6.07. The summed E-state index contributed by atoms with van der Waals surface area (Å²) in [5.41, 5.74) is 7.35. The third-order valence-corrected chi connectivity index (χ3v) is 4.11. The normalized spacial score (nSPS) is 31.7. The van der Waals surface area contributed by atoms with Gasteiger partial charge in [-0.3, -0.25) is 0 Å². The van der Waals surface area contributed by atoms with E-state index in [1.807, 2.05) is 0 Å². The van der Waals surface area contributed by atoms with Gasteiger partial charge in [-0.1, -0.05) is 19.8 Å². The first kappa shape index (κ1) is 11.1. The lowest BCUT2D eigenvalue weighted by Gasteiger charge is -2.33. The summed E-state index contributed by atoms with van der Waals surface area (Å²) in [6.45, 7) is 2.27. The molecule has 2 nitrogen and oxygen atoms in total. The van der Waals surface area contributed by atoms with Crippen LogP contribution in [0.1, 0.15) is 50.6 Å². The molecule has 0 radical (unpaired) electrons. The lowest BCUT2D eigenvalue weighted by molar-refractivity contribution is 0.262. The van der Waals surface area contributed by atoms with Gasteiger partial charge in [0, 0.05) is 17.3 Å². The van der Waals surface area contributed by atoms with Crippen LogP contribution in [0.4, 0.5) is 0 Å². The molecule has 3 unspecified atom stereocenters. The second kappa shape index (κ2) is 5.08. The molecule has 0 saturated heterocycles. The minimum absolute atomic E-state index is 0.393. The van der Waals surface area contributed by atoms with Gasteiger partial charge in [0.05, 0.1) is 5.69 Å². The first-order valence-corrected chi connectivity index (χ1v) is 6.80. The molecule has 3 heteroatoms. The van der Waals surface area contributed by atoms with Crippen LogP contribution in [0.5, 0.6) is 0 Å². The van der Waals surface area contributed by atoms with Gasteiger partial charge < -0.3 is 5.73 Å². The van der Waals surface area contributed by atoms with E-state index in [2.05, 4.69) is 22.7 Å². The Labute approximate surface area is 96.1 Å². The molecule has 1 saturated carbocycles. The fourth-order valence-corrected chi connectivity index (χ4v) is 3.34. The van der Waals surface area contributed by atoms with Crippen molar-refractivity contribution in [2.75, 3.05) is 0 Å². The zero-order valence-corrected chi connectivity index (χ0v) is 10.2. The number of hydrogen-bond acceptors (Lipinski definition) is 3. The molecule has 0 amide bonds. The van der Waals surface area contributed by atoms with Crippen LogP contribution in [0.3, 0.4) is 0 Å². The molecule has 0 spiro atoms. The quantitative estimate of drug-likeness (QED) is 0.856. The van der Waals surface area contributed by atoms with Crippen LogP contribution in [0.15, 0.2) is 11.4 Å². The van der Waals surface area contributed by atoms with Crippen molar-refractivity contribution in [1.29, 1.82) is 0 Å². The van der Waals surface area contributed by atoms with Crippen molar-refractivity contribution >= 4 is 11.5 Å². The highest BCUT2D eigenvalue weighted by Crippen LogP contribution is 2.39. The van der Waals surface area contributed by atoms with E-state index in [1.54, 1.807) is 11.5 Å². The van der Waals surface area contributed by atoms with E-state index in [0.29, 0.717) is 12.0 Å². The van der Waals surface area contributed by atoms with Gasteiger partial charge in [-0.25, -0.2) is 0 Å². The van der Waals surface area contributed by atoms with Crippen LogP contribution >= 0.6 is 11.5 Å². The Kier molecular flexibility index (Phi) is 3.76. The molecule has 84 valence electrons. The van der Waals surface area contributed by atoms with Gasteiger partial charge in [0.2, 0.25) is 0 Å². The summed E-state index contributed by atoms with van der Waals surface area (Å²) in [6.07, 6.45) is 6.23. The van der Waals surface area contributed by atoms with Crippen molar-refractivity contribution in [2.45, 2.75) is 51.0 Å². The maximum absolute atomic E-state index is 6.07. The summed E-state index contributed by atoms with van der Waals surface area (Å²) in [6, 6.07) is 2.57. The van der Waals surface area contributed by atoms with Crippen molar-refractivity contribution in [1.82, 2.24) is 4.37 Å². The molecule has 0 aromatic carbocycles. The van der Waals surface area contributed by atoms with E-state index in [-0.39, 0.29) is 0 Å². The molecule has 0 aliphatic heterocycles. The molecule has 0 bridgehead atoms. The Morgan fingerprint density at radius 1 is 1.53 bits per heavy atom. The summed E-state index contributed by atoms with van der Waals surface area (Å²) in [5.74, 6) is 1.44. The van der Waals surface area contributed by atoms with Crippen LogP contribution < -0.4 is 5.73 Å². The Hall–Kier alpha value is -0.410. The molecule has 15 heavy (non-hydrogen) atoms. The number of rotatable bonds is 3. The first-order chi connectivity index (χ1) is 7.31. The van der Waals surface area contributed by atoms with Crippen LogP contribution in [0.2, 0.25) is 0 Å². The number of nitrogens with two attached hydrogens (primary N) is 1. The summed E-state index contributed by atoms with van der Waals surface area (Å²) >= 11 is 1.56. The Balaban J connectivity index is 2.09. The minimum atomic E-state index is 0.393. The van der Waals surface area contributed by atoms with Crippen molar-refractivity contribution in [3.63, 3.8) is 0 Å². The highest BCUT2D eigenvalue weighted by Gasteiger charge is 2.30. The van der Waals surface area contributed by atoms with Gasteiger partial charge in [0.15, 0.2) is 0 Å². The molecular formula is C12H20N2S. The third kappa shape index (κ3) is 2.58. The highest BCUT2D eigenvalue weighted by atomic mass is 32.1. The minimum Gasteiger partial charge on any atom is -0.328 e. The van der Waals surface area contributed by atoms with Gasteiger partial charge in [-0.2, -0.15) is 4.37 Å². The topological polar surface area (TPSA) is 38.9 Å². The third-order valence-electron chi connectivity index (χ3n) is 3.53. The second-order valence-electron chi connectivity index (χ2n) is 4.65. The van der Waals surface area contributed by atoms with Crippen LogP contribution in [-0.4, -0.2) is 10.4 Å². The maximum Gasteiger partial charge on any atom is 0.0576 e. The van der Waals surface area contributed by atoms with E-state index in [0.717, 1.165) is 12.3 Å². The number of nitrogens with zero attached hydrogens (tertiary/aromatic N) is 1. The first-order valence-electron chi connectivity index (χ1n) is 5.97. The van der Waals surface area contributed by atoms with Crippen molar-refractivity contribution < 1.29 is 0 Å². The monoisotopic (exact) mass is 224 g/mol. The molecule has 1 aliphatic carbocycles. The molecule has 2 rings (SSSR count). The van der Waals surface area contributed by atoms with E-state index in [4.69, 9.17) is 5.73 Å². The highest BCUT2D eigenvalue weighted by molar-refractivity contribution is 7.03. The lowest BCUT2D eigenvalue weighted by Crippen LogP contribution is -2.32. The van der Waals surface area contributed by atoms with Gasteiger partial charge in [-0.15, -0.1) is 0 Å². The molecule has 1 heterocycles. The predicted octanol–water partition coefficient (Wildman–Crippen LogP) is 3.15. The van der Waals surface area contributed by atoms with Gasteiger partial charge >= 0.3 is 0 Å². The average molecular weight is 224 g/mol. The Morgan fingerprint density at radius 3 is 3.07 bits per heavy atom. The Morgan fingerprint density at radius 2 is 2.40 bits per heavy atom. The lowest BCUT2D eigenvalue weighted by atomic mass is 9.74. The predicted molar refractivity (Wildman–Crippen MR) is 65.1 cm³/mol. The van der Waals surface area contributed by atoms with E-state index in [9.17, 15) is 0 Å². The second-order valence-corrected chi connectivity index (χ2v) is 5.32. The SMILES string of the molecule is CCCC1CCC(N)CC1c1ccsn1. The number of aromatic nitrogens is 1. The molecule has 1 aliphatic rings. The van der Waals surface area contributed by atoms with Crippen LogP contribution in [0, 0.1) is 5.92 Å². The van der Waals surface area contributed by atoms with E-state index >= 15 is 0 Å². The zero-order valence-electron chi connectivity index (χ0n) is 9.36. The van der Waals surface area contributed by atoms with Crippen molar-refractivity contribution in [2.24, 2.45) is 11.7 Å². The largest absolute Gasteiger partial charge is 0.328 e. The summed E-state index contributed by atoms with van der Waals surface area (Å²) < 4.78 is 4.49. The summed E-state index contributed by atoms with van der Waals surface area (Å²) in [4.78, 5) is 0. The molecule has 2 N–H and O–H groups in total. The summed E-state index contributed by atoms with van der Waals surface area (Å²) in [5, 5.41) is 2.08. The molecule has 1 aromatic rings. The summed E-state index contributed by atoms with van der Waals surface area (Å²) in [7, 11) is 0. The molecule has 1 fully saturated rings. The number of hydrogen-bond donors (Lipinski definition) is 1. The molecular weight excluding hydrogens is 204 g/mol. The smallest absolute Gasteiger partial charge is 0.0576 e. The Bertz CT molecular complexity index is 284. The van der Waals surface area contributed by atoms with Crippen LogP contribution in [-0.2, 0) is 0 Å². The van der Waals surface area contributed by atoms with Crippen molar-refractivity contribution in [3.05, 3.63) is 17.1 Å². The molecule has 3 atom stereocenters. The van der Waals surface area contributed by atoms with Gasteiger partial charge in [0.25, 0.3) is 0 Å². The molecule has 1 aromatic heterocycles. The fraction of sp³-hybridized carbons (Fsp3) is 0.750. The zero-order chi connectivity index (χ0) is 10.7. The average Bonchev–Trinajstić information content (AvgIpc) is 2.74. The van der Waals surface area contributed by atoms with Crippen LogP contribution in [0.25, 0.3) is 0 Å². The fourth-order valence-electron chi connectivity index (χ4n) is 2.76. The van der Waals surface area contributed by atoms with E-state index in [1.165, 1.54) is 31.4 Å². The van der Waals surface area contributed by atoms with Crippen molar-refractivity contribution in [3.8, 4) is 0 Å². The van der Waals surface area contributed by atoms with Gasteiger partial charge in [-0.05, 0) is 42.8 Å².